The van der Waals surface area contributed by atoms with Gasteiger partial charge in [-0.15, -0.1) is 0 Å². The third kappa shape index (κ3) is 3.98. The van der Waals surface area contributed by atoms with Gasteiger partial charge in [-0.3, -0.25) is 4.79 Å². The van der Waals surface area contributed by atoms with Crippen molar-refractivity contribution < 1.29 is 9.53 Å². The van der Waals surface area contributed by atoms with Crippen molar-refractivity contribution in [2.45, 2.75) is 6.42 Å². The molecule has 1 aliphatic heterocycles. The maximum atomic E-state index is 12.3. The summed E-state index contributed by atoms with van der Waals surface area (Å²) in [5.41, 5.74) is 8.01. The van der Waals surface area contributed by atoms with Crippen molar-refractivity contribution in [3.63, 3.8) is 0 Å². The predicted molar refractivity (Wildman–Crippen MR) is 90.5 cm³/mol. The average Bonchev–Trinajstić information content (AvgIpc) is 2.58. The van der Waals surface area contributed by atoms with Crippen LogP contribution in [0.25, 0.3) is 0 Å². The van der Waals surface area contributed by atoms with Crippen LogP contribution in [0.3, 0.4) is 0 Å². The molecule has 3 N–H and O–H groups in total. The van der Waals surface area contributed by atoms with Crippen LogP contribution in [-0.2, 0) is 16.0 Å². The first-order chi connectivity index (χ1) is 11.2. The number of carbonyl (C=O) groups is 1. The molecule has 1 aromatic carbocycles. The molecule has 1 aliphatic rings. The van der Waals surface area contributed by atoms with Gasteiger partial charge in [0.2, 0.25) is 5.91 Å². The predicted octanol–water partition coefficient (Wildman–Crippen LogP) is 1.68. The number of benzene rings is 1. The quantitative estimate of drug-likeness (QED) is 0.840. The first-order valence-electron chi connectivity index (χ1n) is 7.64. The zero-order valence-electron chi connectivity index (χ0n) is 12.9. The molecule has 120 valence electrons. The van der Waals surface area contributed by atoms with Crippen molar-refractivity contribution in [1.29, 1.82) is 0 Å². The molecule has 0 spiro atoms. The smallest absolute Gasteiger partial charge is 0.228 e. The van der Waals surface area contributed by atoms with Crippen LogP contribution in [0.4, 0.5) is 17.2 Å². The van der Waals surface area contributed by atoms with Gasteiger partial charge in [0.15, 0.2) is 5.82 Å². The highest BCUT2D eigenvalue weighted by Crippen LogP contribution is 2.23. The Labute approximate surface area is 135 Å². The summed E-state index contributed by atoms with van der Waals surface area (Å²) in [6.45, 7) is 2.90. The van der Waals surface area contributed by atoms with E-state index < -0.39 is 0 Å². The van der Waals surface area contributed by atoms with Crippen LogP contribution >= 0.6 is 0 Å². The zero-order chi connectivity index (χ0) is 16.1. The molecule has 6 heteroatoms. The molecule has 0 aliphatic carbocycles. The van der Waals surface area contributed by atoms with E-state index in [9.17, 15) is 4.79 Å². The fraction of sp³-hybridized carbons (Fsp3) is 0.294. The van der Waals surface area contributed by atoms with E-state index in [-0.39, 0.29) is 5.91 Å². The van der Waals surface area contributed by atoms with Crippen molar-refractivity contribution in [3.8, 4) is 0 Å². The minimum Gasteiger partial charge on any atom is -0.399 e. The topological polar surface area (TPSA) is 80.5 Å². The van der Waals surface area contributed by atoms with Crippen molar-refractivity contribution in [3.05, 3.63) is 48.2 Å². The van der Waals surface area contributed by atoms with E-state index in [4.69, 9.17) is 10.5 Å². The summed E-state index contributed by atoms with van der Waals surface area (Å²) in [4.78, 5) is 18.8. The number of nitrogens with two attached hydrogens (primary N) is 1. The van der Waals surface area contributed by atoms with Crippen LogP contribution in [0.15, 0.2) is 42.6 Å². The molecular weight excluding hydrogens is 292 g/mol. The molecule has 23 heavy (non-hydrogen) atoms. The van der Waals surface area contributed by atoms with E-state index in [2.05, 4.69) is 15.2 Å². The monoisotopic (exact) mass is 312 g/mol. The molecule has 0 bridgehead atoms. The third-order valence-corrected chi connectivity index (χ3v) is 3.72. The third-order valence-electron chi connectivity index (χ3n) is 3.72. The molecule has 0 saturated carbocycles. The normalized spacial score (nSPS) is 14.5. The summed E-state index contributed by atoms with van der Waals surface area (Å²) >= 11 is 0. The molecule has 0 radical (unpaired) electrons. The first kappa shape index (κ1) is 15.3. The second-order valence-corrected chi connectivity index (χ2v) is 5.44. The standard InChI is InChI=1S/C17H20N4O2/c18-14-5-3-13(4-6-14)12-16(22)20-15-2-1-7-19-17(15)21-8-10-23-11-9-21/h1-7H,8-12,18H2,(H,20,22). The fourth-order valence-corrected chi connectivity index (χ4v) is 2.54. The van der Waals surface area contributed by atoms with E-state index in [1.54, 1.807) is 18.3 Å². The molecule has 2 aromatic rings. The molecule has 2 heterocycles. The van der Waals surface area contributed by atoms with Gasteiger partial charge < -0.3 is 20.7 Å². The highest BCUT2D eigenvalue weighted by atomic mass is 16.5. The van der Waals surface area contributed by atoms with Gasteiger partial charge in [0.05, 0.1) is 25.3 Å². The van der Waals surface area contributed by atoms with Crippen molar-refractivity contribution in [2.75, 3.05) is 42.3 Å². The number of aromatic nitrogens is 1. The van der Waals surface area contributed by atoms with Crippen LogP contribution in [-0.4, -0.2) is 37.2 Å². The average molecular weight is 312 g/mol. The number of hydrogen-bond donors (Lipinski definition) is 2. The van der Waals surface area contributed by atoms with Crippen LogP contribution < -0.4 is 16.0 Å². The number of amides is 1. The van der Waals surface area contributed by atoms with Crippen molar-refractivity contribution in [2.24, 2.45) is 0 Å². The Kier molecular flexibility index (Phi) is 4.73. The molecule has 1 saturated heterocycles. The lowest BCUT2D eigenvalue weighted by Crippen LogP contribution is -2.37. The largest absolute Gasteiger partial charge is 0.399 e. The maximum Gasteiger partial charge on any atom is 0.228 e. The molecular formula is C17H20N4O2. The van der Waals surface area contributed by atoms with Gasteiger partial charge in [-0.1, -0.05) is 12.1 Å². The molecule has 3 rings (SSSR count). The van der Waals surface area contributed by atoms with Crippen LogP contribution in [0, 0.1) is 0 Å². The number of nitrogens with one attached hydrogen (secondary N) is 1. The summed E-state index contributed by atoms with van der Waals surface area (Å²) in [6.07, 6.45) is 2.04. The number of morpholine rings is 1. The lowest BCUT2D eigenvalue weighted by atomic mass is 10.1. The molecule has 6 nitrogen and oxygen atoms in total. The fourth-order valence-electron chi connectivity index (χ4n) is 2.54. The summed E-state index contributed by atoms with van der Waals surface area (Å²) in [5, 5.41) is 2.96. The van der Waals surface area contributed by atoms with E-state index in [0.717, 1.165) is 30.2 Å². The lowest BCUT2D eigenvalue weighted by molar-refractivity contribution is -0.115. The number of hydrogen-bond acceptors (Lipinski definition) is 5. The lowest BCUT2D eigenvalue weighted by Gasteiger charge is -2.29. The minimum absolute atomic E-state index is 0.0720. The van der Waals surface area contributed by atoms with Crippen molar-refractivity contribution in [1.82, 2.24) is 4.98 Å². The van der Waals surface area contributed by atoms with Gasteiger partial charge >= 0.3 is 0 Å². The number of nitrogen functional groups attached to an aromatic ring is 1. The number of carbonyl (C=O) groups excluding carboxylic acids is 1. The number of anilines is 3. The van der Waals surface area contributed by atoms with E-state index >= 15 is 0 Å². The van der Waals surface area contributed by atoms with Crippen LogP contribution in [0.5, 0.6) is 0 Å². The van der Waals surface area contributed by atoms with Gasteiger partial charge in [0.1, 0.15) is 0 Å². The van der Waals surface area contributed by atoms with Crippen LogP contribution in [0.1, 0.15) is 5.56 Å². The van der Waals surface area contributed by atoms with E-state index in [0.29, 0.717) is 25.3 Å². The Balaban J connectivity index is 1.69. The summed E-state index contributed by atoms with van der Waals surface area (Å²) in [7, 11) is 0. The second-order valence-electron chi connectivity index (χ2n) is 5.44. The van der Waals surface area contributed by atoms with Gasteiger partial charge in [0, 0.05) is 25.0 Å². The molecule has 0 unspecified atom stereocenters. The number of rotatable bonds is 4. The van der Waals surface area contributed by atoms with Crippen molar-refractivity contribution >= 4 is 23.1 Å². The highest BCUT2D eigenvalue weighted by molar-refractivity contribution is 5.95. The van der Waals surface area contributed by atoms with Gasteiger partial charge in [-0.2, -0.15) is 0 Å². The number of pyridine rings is 1. The minimum atomic E-state index is -0.0720. The van der Waals surface area contributed by atoms with Crippen LogP contribution in [0.2, 0.25) is 0 Å². The Bertz CT molecular complexity index is 667. The van der Waals surface area contributed by atoms with Gasteiger partial charge in [0.25, 0.3) is 0 Å². The van der Waals surface area contributed by atoms with Gasteiger partial charge in [-0.05, 0) is 29.8 Å². The van der Waals surface area contributed by atoms with E-state index in [1.807, 2.05) is 24.3 Å². The first-order valence-corrected chi connectivity index (χ1v) is 7.64. The molecule has 1 fully saturated rings. The molecule has 0 atom stereocenters. The SMILES string of the molecule is Nc1ccc(CC(=O)Nc2cccnc2N2CCOCC2)cc1. The summed E-state index contributed by atoms with van der Waals surface area (Å²) in [5.74, 6) is 0.721. The number of ether oxygens (including phenoxy) is 1. The molecule has 1 amide bonds. The Morgan fingerprint density at radius 2 is 1.96 bits per heavy atom. The number of nitrogens with zero attached hydrogens (tertiary/aromatic N) is 2. The maximum absolute atomic E-state index is 12.3. The Morgan fingerprint density at radius 1 is 1.22 bits per heavy atom. The van der Waals surface area contributed by atoms with Gasteiger partial charge in [-0.25, -0.2) is 4.98 Å². The highest BCUT2D eigenvalue weighted by Gasteiger charge is 2.17. The Morgan fingerprint density at radius 3 is 2.70 bits per heavy atom. The van der Waals surface area contributed by atoms with E-state index in [1.165, 1.54) is 0 Å². The summed E-state index contributed by atoms with van der Waals surface area (Å²) < 4.78 is 5.36. The zero-order valence-corrected chi connectivity index (χ0v) is 12.9. The molecule has 1 aromatic heterocycles. The Hall–Kier alpha value is -2.60. The second kappa shape index (κ2) is 7.11. The summed E-state index contributed by atoms with van der Waals surface area (Å²) in [6, 6.07) is 11.0.